The number of furan rings is 1. The lowest BCUT2D eigenvalue weighted by Gasteiger charge is -2.02. The number of ether oxygens (including phenoxy) is 1. The number of benzene rings is 1. The van der Waals surface area contributed by atoms with E-state index in [0.29, 0.717) is 37.4 Å². The van der Waals surface area contributed by atoms with E-state index < -0.39 is 0 Å². The van der Waals surface area contributed by atoms with Crippen LogP contribution in [0.2, 0.25) is 8.67 Å². The first-order valence-electron chi connectivity index (χ1n) is 7.92. The van der Waals surface area contributed by atoms with Crippen molar-refractivity contribution in [2.75, 3.05) is 11.9 Å². The first-order chi connectivity index (χ1) is 13.0. The van der Waals surface area contributed by atoms with Crippen LogP contribution in [-0.4, -0.2) is 17.5 Å². The second kappa shape index (κ2) is 7.52. The number of carbonyl (C=O) groups excluding carboxylic acids is 1. The monoisotopic (exact) mass is 438 g/mol. The Kier molecular flexibility index (Phi) is 5.10. The minimum absolute atomic E-state index is 0.186. The molecule has 4 rings (SSSR count). The van der Waals surface area contributed by atoms with Gasteiger partial charge >= 0.3 is 0 Å². The number of hydrogen-bond acceptors (Lipinski definition) is 6. The van der Waals surface area contributed by atoms with Crippen molar-refractivity contribution in [3.63, 3.8) is 0 Å². The zero-order valence-electron chi connectivity index (χ0n) is 13.9. The number of halogens is 2. The molecule has 0 unspecified atom stereocenters. The van der Waals surface area contributed by atoms with E-state index in [1.54, 1.807) is 18.2 Å². The zero-order valence-corrected chi connectivity index (χ0v) is 17.1. The second-order valence-electron chi connectivity index (χ2n) is 5.45. The standard InChI is InChI=1S/C18H12Cl2N2O3S2/c1-2-24-12-5-3-4-9-6-13(25-15(9)12)17(23)22-18-21-11(8-26-18)10-7-14(19)27-16(10)20/h3-8H,2H2,1H3,(H,21,22,23). The molecule has 3 aromatic heterocycles. The summed E-state index contributed by atoms with van der Waals surface area (Å²) in [5.74, 6) is 0.407. The van der Waals surface area contributed by atoms with Crippen molar-refractivity contribution in [3.05, 3.63) is 50.1 Å². The number of amides is 1. The van der Waals surface area contributed by atoms with Crippen LogP contribution >= 0.6 is 45.9 Å². The number of fused-ring (bicyclic) bond motifs is 1. The molecule has 0 aliphatic heterocycles. The summed E-state index contributed by atoms with van der Waals surface area (Å²) in [6.45, 7) is 2.40. The maximum atomic E-state index is 12.5. The molecule has 9 heteroatoms. The van der Waals surface area contributed by atoms with E-state index >= 15 is 0 Å². The fraction of sp³-hybridized carbons (Fsp3) is 0.111. The molecule has 1 aromatic carbocycles. The van der Waals surface area contributed by atoms with Gasteiger partial charge < -0.3 is 9.15 Å². The van der Waals surface area contributed by atoms with Gasteiger partial charge in [-0.3, -0.25) is 10.1 Å². The Morgan fingerprint density at radius 2 is 2.19 bits per heavy atom. The first-order valence-corrected chi connectivity index (χ1v) is 10.4. The van der Waals surface area contributed by atoms with Gasteiger partial charge in [-0.25, -0.2) is 4.98 Å². The fourth-order valence-corrected chi connectivity index (χ4v) is 4.73. The average molecular weight is 439 g/mol. The van der Waals surface area contributed by atoms with Crippen LogP contribution in [0, 0.1) is 0 Å². The van der Waals surface area contributed by atoms with Gasteiger partial charge in [0.15, 0.2) is 22.2 Å². The molecule has 5 nitrogen and oxygen atoms in total. The van der Waals surface area contributed by atoms with Crippen molar-refractivity contribution in [2.24, 2.45) is 0 Å². The highest BCUT2D eigenvalue weighted by Crippen LogP contribution is 2.39. The molecule has 0 fully saturated rings. The van der Waals surface area contributed by atoms with E-state index in [9.17, 15) is 4.79 Å². The third kappa shape index (κ3) is 3.68. The molecule has 1 amide bonds. The van der Waals surface area contributed by atoms with Gasteiger partial charge in [0, 0.05) is 16.3 Å². The van der Waals surface area contributed by atoms with Gasteiger partial charge in [0.2, 0.25) is 0 Å². The summed E-state index contributed by atoms with van der Waals surface area (Å²) < 4.78 is 12.4. The SMILES string of the molecule is CCOc1cccc2cc(C(=O)Nc3nc(-c4cc(Cl)sc4Cl)cs3)oc12. The number of aromatic nitrogens is 1. The molecule has 1 N–H and O–H groups in total. The molecule has 4 aromatic rings. The molecule has 0 radical (unpaired) electrons. The number of thiazole rings is 1. The minimum atomic E-state index is -0.385. The van der Waals surface area contributed by atoms with Crippen LogP contribution in [0.1, 0.15) is 17.5 Å². The summed E-state index contributed by atoms with van der Waals surface area (Å²) >= 11 is 14.7. The van der Waals surface area contributed by atoms with Crippen molar-refractivity contribution in [1.82, 2.24) is 4.98 Å². The Balaban J connectivity index is 1.57. The molecular formula is C18H12Cl2N2O3S2. The number of hydrogen-bond donors (Lipinski definition) is 1. The largest absolute Gasteiger partial charge is 0.490 e. The highest BCUT2D eigenvalue weighted by molar-refractivity contribution is 7.20. The summed E-state index contributed by atoms with van der Waals surface area (Å²) in [6.07, 6.45) is 0. The van der Waals surface area contributed by atoms with Crippen LogP contribution in [-0.2, 0) is 0 Å². The van der Waals surface area contributed by atoms with Gasteiger partial charge in [0.1, 0.15) is 4.34 Å². The number of rotatable bonds is 5. The van der Waals surface area contributed by atoms with Crippen LogP contribution in [0.3, 0.4) is 0 Å². The third-order valence-corrected chi connectivity index (χ3v) is 5.93. The number of thiophene rings is 1. The summed E-state index contributed by atoms with van der Waals surface area (Å²) in [4.78, 5) is 17.0. The maximum Gasteiger partial charge on any atom is 0.293 e. The van der Waals surface area contributed by atoms with Crippen LogP contribution in [0.4, 0.5) is 5.13 Å². The third-order valence-electron chi connectivity index (χ3n) is 3.69. The molecule has 0 bridgehead atoms. The highest BCUT2D eigenvalue weighted by Gasteiger charge is 2.18. The molecule has 0 aliphatic rings. The topological polar surface area (TPSA) is 64.4 Å². The van der Waals surface area contributed by atoms with Gasteiger partial charge in [-0.15, -0.1) is 22.7 Å². The van der Waals surface area contributed by atoms with E-state index in [4.69, 9.17) is 32.4 Å². The van der Waals surface area contributed by atoms with Crippen molar-refractivity contribution in [2.45, 2.75) is 6.92 Å². The van der Waals surface area contributed by atoms with E-state index in [-0.39, 0.29) is 11.7 Å². The summed E-state index contributed by atoms with van der Waals surface area (Å²) in [5, 5.41) is 5.80. The van der Waals surface area contributed by atoms with Crippen molar-refractivity contribution in [3.8, 4) is 17.0 Å². The Morgan fingerprint density at radius 3 is 2.93 bits per heavy atom. The van der Waals surface area contributed by atoms with Gasteiger partial charge in [0.05, 0.1) is 16.6 Å². The second-order valence-corrected chi connectivity index (χ2v) is 8.59. The molecule has 0 spiro atoms. The van der Waals surface area contributed by atoms with Crippen LogP contribution < -0.4 is 10.1 Å². The van der Waals surface area contributed by atoms with Crippen molar-refractivity contribution < 1.29 is 13.9 Å². The highest BCUT2D eigenvalue weighted by atomic mass is 35.5. The summed E-state index contributed by atoms with van der Waals surface area (Å²) in [5.41, 5.74) is 1.95. The van der Waals surface area contributed by atoms with E-state index in [1.165, 1.54) is 22.7 Å². The van der Waals surface area contributed by atoms with Gasteiger partial charge in [0.25, 0.3) is 5.91 Å². The average Bonchev–Trinajstić information content (AvgIpc) is 3.33. The Morgan fingerprint density at radius 1 is 1.33 bits per heavy atom. The molecule has 0 saturated carbocycles. The Hall–Kier alpha value is -2.06. The predicted molar refractivity (Wildman–Crippen MR) is 111 cm³/mol. The van der Waals surface area contributed by atoms with Gasteiger partial charge in [-0.05, 0) is 25.1 Å². The summed E-state index contributed by atoms with van der Waals surface area (Å²) in [7, 11) is 0. The number of carbonyl (C=O) groups is 1. The van der Waals surface area contributed by atoms with Crippen LogP contribution in [0.25, 0.3) is 22.2 Å². The molecule has 0 saturated heterocycles. The Bertz CT molecular complexity index is 1130. The first kappa shape index (κ1) is 18.3. The Labute approximate surface area is 172 Å². The number of anilines is 1. The van der Waals surface area contributed by atoms with Crippen LogP contribution in [0.5, 0.6) is 5.75 Å². The summed E-state index contributed by atoms with van der Waals surface area (Å²) in [6, 6.07) is 8.95. The van der Waals surface area contributed by atoms with E-state index in [1.807, 2.05) is 24.4 Å². The molecule has 138 valence electrons. The number of nitrogens with one attached hydrogen (secondary N) is 1. The normalized spacial score (nSPS) is 11.1. The predicted octanol–water partition coefficient (Wildman–Crippen LogP) is 6.58. The van der Waals surface area contributed by atoms with Gasteiger partial charge in [-0.1, -0.05) is 35.3 Å². The number of para-hydroxylation sites is 1. The lowest BCUT2D eigenvalue weighted by atomic mass is 10.2. The van der Waals surface area contributed by atoms with Crippen LogP contribution in [0.15, 0.2) is 40.1 Å². The maximum absolute atomic E-state index is 12.5. The van der Waals surface area contributed by atoms with Gasteiger partial charge in [-0.2, -0.15) is 0 Å². The smallest absolute Gasteiger partial charge is 0.293 e. The lowest BCUT2D eigenvalue weighted by Crippen LogP contribution is -2.10. The van der Waals surface area contributed by atoms with Crippen molar-refractivity contribution >= 4 is 67.9 Å². The molecule has 0 atom stereocenters. The quantitative estimate of drug-likeness (QED) is 0.382. The van der Waals surface area contributed by atoms with Crippen molar-refractivity contribution in [1.29, 1.82) is 0 Å². The fourth-order valence-electron chi connectivity index (χ4n) is 2.55. The molecule has 3 heterocycles. The zero-order chi connectivity index (χ0) is 19.0. The minimum Gasteiger partial charge on any atom is -0.490 e. The lowest BCUT2D eigenvalue weighted by molar-refractivity contribution is 0.0998. The van der Waals surface area contributed by atoms with E-state index in [2.05, 4.69) is 10.3 Å². The molecule has 27 heavy (non-hydrogen) atoms. The van der Waals surface area contributed by atoms with E-state index in [0.717, 1.165) is 10.9 Å². The number of nitrogens with zero attached hydrogens (tertiary/aromatic N) is 1. The molecular weight excluding hydrogens is 427 g/mol. The molecule has 0 aliphatic carbocycles.